The van der Waals surface area contributed by atoms with Crippen LogP contribution >= 0.6 is 0 Å². The molecule has 0 atom stereocenters. The Morgan fingerprint density at radius 2 is 1.61 bits per heavy atom. The zero-order valence-electron chi connectivity index (χ0n) is 17.8. The fourth-order valence-electron chi connectivity index (χ4n) is 3.62. The van der Waals surface area contributed by atoms with E-state index in [0.717, 1.165) is 36.7 Å². The van der Waals surface area contributed by atoms with Gasteiger partial charge in [-0.3, -0.25) is 0 Å². The highest BCUT2D eigenvalue weighted by molar-refractivity contribution is 5.40. The predicted octanol–water partition coefficient (Wildman–Crippen LogP) is 7.16. The van der Waals surface area contributed by atoms with Crippen LogP contribution in [0.4, 0.5) is 0 Å². The molecule has 1 heteroatoms. The molecule has 1 aliphatic rings. The Hall–Kier alpha value is -2.12. The molecule has 0 spiro atoms. The van der Waals surface area contributed by atoms with E-state index in [1.165, 1.54) is 51.4 Å². The SMILES string of the molecule is CCCCCC1CCC(C#CC=CC#Cc2ccc(OCCCC)cc2)CC1. The minimum absolute atomic E-state index is 0.584. The summed E-state index contributed by atoms with van der Waals surface area (Å²) in [5.41, 5.74) is 1.00. The van der Waals surface area contributed by atoms with Crippen molar-refractivity contribution in [2.45, 2.75) is 78.1 Å². The van der Waals surface area contributed by atoms with Crippen molar-refractivity contribution < 1.29 is 4.74 Å². The zero-order chi connectivity index (χ0) is 19.9. The van der Waals surface area contributed by atoms with Crippen molar-refractivity contribution in [3.05, 3.63) is 42.0 Å². The summed E-state index contributed by atoms with van der Waals surface area (Å²) in [6.45, 7) is 5.23. The summed E-state index contributed by atoms with van der Waals surface area (Å²) in [4.78, 5) is 0. The minimum Gasteiger partial charge on any atom is -0.494 e. The molecular formula is C27H36O. The fraction of sp³-hybridized carbons (Fsp3) is 0.556. The Morgan fingerprint density at radius 1 is 0.893 bits per heavy atom. The average Bonchev–Trinajstić information content (AvgIpc) is 2.73. The van der Waals surface area contributed by atoms with Crippen molar-refractivity contribution in [1.29, 1.82) is 0 Å². The first-order chi connectivity index (χ1) is 13.8. The molecule has 0 saturated heterocycles. The van der Waals surface area contributed by atoms with Gasteiger partial charge in [-0.25, -0.2) is 0 Å². The molecule has 1 aliphatic carbocycles. The van der Waals surface area contributed by atoms with Crippen molar-refractivity contribution in [1.82, 2.24) is 0 Å². The first-order valence-electron chi connectivity index (χ1n) is 11.2. The van der Waals surface area contributed by atoms with Crippen molar-refractivity contribution in [3.63, 3.8) is 0 Å². The van der Waals surface area contributed by atoms with Gasteiger partial charge in [-0.1, -0.05) is 69.6 Å². The molecule has 0 bridgehead atoms. The van der Waals surface area contributed by atoms with Gasteiger partial charge in [-0.05, 0) is 74.4 Å². The summed E-state index contributed by atoms with van der Waals surface area (Å²) < 4.78 is 5.67. The second kappa shape index (κ2) is 14.0. The molecule has 0 unspecified atom stereocenters. The normalized spacial score (nSPS) is 18.8. The maximum atomic E-state index is 5.67. The number of unbranched alkanes of at least 4 members (excludes halogenated alkanes) is 3. The Labute approximate surface area is 173 Å². The maximum Gasteiger partial charge on any atom is 0.119 e. The van der Waals surface area contributed by atoms with Crippen LogP contribution in [-0.2, 0) is 0 Å². The van der Waals surface area contributed by atoms with Gasteiger partial charge >= 0.3 is 0 Å². The van der Waals surface area contributed by atoms with Gasteiger partial charge in [-0.2, -0.15) is 0 Å². The largest absolute Gasteiger partial charge is 0.494 e. The molecule has 1 aromatic carbocycles. The van der Waals surface area contributed by atoms with Crippen molar-refractivity contribution >= 4 is 0 Å². The summed E-state index contributed by atoms with van der Waals surface area (Å²) >= 11 is 0. The number of ether oxygens (including phenoxy) is 1. The van der Waals surface area contributed by atoms with Gasteiger partial charge in [0.15, 0.2) is 0 Å². The lowest BCUT2D eigenvalue weighted by atomic mass is 9.80. The Kier molecular flexibility index (Phi) is 11.1. The van der Waals surface area contributed by atoms with Gasteiger partial charge in [0.2, 0.25) is 0 Å². The van der Waals surface area contributed by atoms with Gasteiger partial charge in [0.25, 0.3) is 0 Å². The van der Waals surface area contributed by atoms with Crippen LogP contribution in [-0.4, -0.2) is 6.61 Å². The van der Waals surface area contributed by atoms with Gasteiger partial charge in [-0.15, -0.1) is 0 Å². The molecule has 1 fully saturated rings. The van der Waals surface area contributed by atoms with E-state index in [9.17, 15) is 0 Å². The highest BCUT2D eigenvalue weighted by Gasteiger charge is 2.19. The summed E-state index contributed by atoms with van der Waals surface area (Å²) in [6, 6.07) is 7.99. The summed E-state index contributed by atoms with van der Waals surface area (Å²) in [5, 5.41) is 0. The highest BCUT2D eigenvalue weighted by Crippen LogP contribution is 2.31. The van der Waals surface area contributed by atoms with E-state index in [2.05, 4.69) is 37.5 Å². The van der Waals surface area contributed by atoms with Crippen LogP contribution in [0.3, 0.4) is 0 Å². The number of hydrogen-bond donors (Lipinski definition) is 0. The average molecular weight is 377 g/mol. The molecule has 0 heterocycles. The molecule has 28 heavy (non-hydrogen) atoms. The first-order valence-corrected chi connectivity index (χ1v) is 11.2. The van der Waals surface area contributed by atoms with Gasteiger partial charge in [0.05, 0.1) is 6.61 Å². The summed E-state index contributed by atoms with van der Waals surface area (Å²) in [6.07, 6.45) is 16.8. The second-order valence-electron chi connectivity index (χ2n) is 7.83. The number of allylic oxidation sites excluding steroid dienone is 2. The minimum atomic E-state index is 0.584. The van der Waals surface area contributed by atoms with E-state index >= 15 is 0 Å². The van der Waals surface area contributed by atoms with E-state index < -0.39 is 0 Å². The third kappa shape index (κ3) is 9.19. The van der Waals surface area contributed by atoms with E-state index in [-0.39, 0.29) is 0 Å². The van der Waals surface area contributed by atoms with Crippen LogP contribution in [0.5, 0.6) is 5.75 Å². The van der Waals surface area contributed by atoms with E-state index in [1.807, 2.05) is 36.4 Å². The van der Waals surface area contributed by atoms with Crippen LogP contribution in [0.15, 0.2) is 36.4 Å². The number of hydrogen-bond acceptors (Lipinski definition) is 1. The molecule has 1 saturated carbocycles. The van der Waals surface area contributed by atoms with Gasteiger partial charge < -0.3 is 4.74 Å². The lowest BCUT2D eigenvalue weighted by Crippen LogP contribution is -2.13. The topological polar surface area (TPSA) is 9.23 Å². The quantitative estimate of drug-likeness (QED) is 0.345. The van der Waals surface area contributed by atoms with Crippen LogP contribution in [0.1, 0.15) is 83.6 Å². The lowest BCUT2D eigenvalue weighted by molar-refractivity contribution is 0.294. The standard InChI is InChI=1S/C27H36O/c1-3-5-9-12-24-15-17-25(18-16-24)13-10-7-8-11-14-26-19-21-27(22-20-26)28-23-6-4-2/h7-8,19-22,24-25H,3-6,9,12,15-18,23H2,1-2H3. The predicted molar refractivity (Wildman–Crippen MR) is 120 cm³/mol. The first kappa shape index (κ1) is 22.2. The van der Waals surface area contributed by atoms with Crippen molar-refractivity contribution in [2.75, 3.05) is 6.61 Å². The van der Waals surface area contributed by atoms with E-state index in [1.54, 1.807) is 0 Å². The third-order valence-corrected chi connectivity index (χ3v) is 5.44. The van der Waals surface area contributed by atoms with Crippen LogP contribution < -0.4 is 4.74 Å². The van der Waals surface area contributed by atoms with Crippen LogP contribution in [0.25, 0.3) is 0 Å². The molecular weight excluding hydrogens is 340 g/mol. The monoisotopic (exact) mass is 376 g/mol. The Balaban J connectivity index is 1.68. The van der Waals surface area contributed by atoms with Crippen molar-refractivity contribution in [3.8, 4) is 29.4 Å². The number of rotatable bonds is 8. The molecule has 0 radical (unpaired) electrons. The number of benzene rings is 1. The fourth-order valence-corrected chi connectivity index (χ4v) is 3.62. The Bertz CT molecular complexity index is 682. The third-order valence-electron chi connectivity index (χ3n) is 5.44. The summed E-state index contributed by atoms with van der Waals surface area (Å²) in [7, 11) is 0. The molecule has 2 rings (SSSR count). The lowest BCUT2D eigenvalue weighted by Gasteiger charge is -2.25. The molecule has 0 aliphatic heterocycles. The highest BCUT2D eigenvalue weighted by atomic mass is 16.5. The van der Waals surface area contributed by atoms with Crippen LogP contribution in [0, 0.1) is 35.5 Å². The summed E-state index contributed by atoms with van der Waals surface area (Å²) in [5.74, 6) is 15.3. The van der Waals surface area contributed by atoms with E-state index in [0.29, 0.717) is 5.92 Å². The van der Waals surface area contributed by atoms with Crippen molar-refractivity contribution in [2.24, 2.45) is 11.8 Å². The molecule has 0 amide bonds. The second-order valence-corrected chi connectivity index (χ2v) is 7.83. The van der Waals surface area contributed by atoms with Gasteiger partial charge in [0.1, 0.15) is 5.75 Å². The maximum absolute atomic E-state index is 5.67. The smallest absolute Gasteiger partial charge is 0.119 e. The zero-order valence-corrected chi connectivity index (χ0v) is 17.8. The van der Waals surface area contributed by atoms with Gasteiger partial charge in [0, 0.05) is 11.5 Å². The molecule has 0 aromatic heterocycles. The van der Waals surface area contributed by atoms with E-state index in [4.69, 9.17) is 4.74 Å². The molecule has 1 aromatic rings. The Morgan fingerprint density at radius 3 is 2.32 bits per heavy atom. The van der Waals surface area contributed by atoms with Crippen LogP contribution in [0.2, 0.25) is 0 Å². The molecule has 150 valence electrons. The molecule has 1 nitrogen and oxygen atoms in total. The molecule has 0 N–H and O–H groups in total.